The van der Waals surface area contributed by atoms with Crippen LogP contribution < -0.4 is 11.5 Å². The van der Waals surface area contributed by atoms with E-state index in [1.165, 1.54) is 19.3 Å². The second-order valence-electron chi connectivity index (χ2n) is 3.37. The molecule has 1 fully saturated rings. The molecule has 1 saturated heterocycles. The first-order valence-electron chi connectivity index (χ1n) is 4.47. The summed E-state index contributed by atoms with van der Waals surface area (Å²) in [6.45, 7) is 2.73. The van der Waals surface area contributed by atoms with Gasteiger partial charge in [0.25, 0.3) is 0 Å². The van der Waals surface area contributed by atoms with Crippen LogP contribution in [0.15, 0.2) is 0 Å². The van der Waals surface area contributed by atoms with Gasteiger partial charge in [-0.25, -0.2) is 0 Å². The Balaban J connectivity index is 2.24. The highest BCUT2D eigenvalue weighted by atomic mass is 16.1. The van der Waals surface area contributed by atoms with E-state index in [4.69, 9.17) is 11.5 Å². The van der Waals surface area contributed by atoms with Gasteiger partial charge in [0.1, 0.15) is 0 Å². The summed E-state index contributed by atoms with van der Waals surface area (Å²) in [6, 6.07) is -0.497. The Hall–Kier alpha value is -0.610. The van der Waals surface area contributed by atoms with Crippen molar-refractivity contribution in [3.8, 4) is 0 Å². The van der Waals surface area contributed by atoms with E-state index in [-0.39, 0.29) is 0 Å². The molecule has 0 aromatic heterocycles. The van der Waals surface area contributed by atoms with Crippen LogP contribution in [0.4, 0.5) is 0 Å². The maximum atomic E-state index is 10.6. The lowest BCUT2D eigenvalue weighted by Crippen LogP contribution is -2.47. The van der Waals surface area contributed by atoms with Crippen LogP contribution >= 0.6 is 0 Å². The second-order valence-corrected chi connectivity index (χ2v) is 3.37. The third kappa shape index (κ3) is 2.79. The van der Waals surface area contributed by atoms with Gasteiger partial charge in [0, 0.05) is 6.54 Å². The predicted molar refractivity (Wildman–Crippen MR) is 47.5 cm³/mol. The number of rotatable bonds is 3. The van der Waals surface area contributed by atoms with Crippen molar-refractivity contribution in [1.29, 1.82) is 0 Å². The molecule has 4 nitrogen and oxygen atoms in total. The maximum Gasteiger partial charge on any atom is 0.235 e. The lowest BCUT2D eigenvalue weighted by Gasteiger charge is -2.27. The monoisotopic (exact) mass is 171 g/mol. The van der Waals surface area contributed by atoms with Gasteiger partial charge < -0.3 is 16.4 Å². The molecule has 1 aliphatic rings. The Morgan fingerprint density at radius 3 is 2.42 bits per heavy atom. The Morgan fingerprint density at radius 2 is 1.92 bits per heavy atom. The summed E-state index contributed by atoms with van der Waals surface area (Å²) in [6.07, 6.45) is 3.72. The number of carbonyl (C=O) groups is 1. The lowest BCUT2D eigenvalue weighted by atomic mass is 10.1. The number of nitrogens with two attached hydrogens (primary N) is 2. The molecule has 1 rings (SSSR count). The van der Waals surface area contributed by atoms with Crippen molar-refractivity contribution in [2.45, 2.75) is 25.3 Å². The minimum Gasteiger partial charge on any atom is -0.368 e. The highest BCUT2D eigenvalue weighted by molar-refractivity contribution is 5.79. The molecule has 1 aliphatic heterocycles. The second kappa shape index (κ2) is 4.42. The molecular formula is C8H17N3O. The lowest BCUT2D eigenvalue weighted by molar-refractivity contribution is -0.119. The van der Waals surface area contributed by atoms with Gasteiger partial charge in [-0.05, 0) is 25.9 Å². The predicted octanol–water partition coefficient (Wildman–Crippen LogP) is -0.715. The van der Waals surface area contributed by atoms with E-state index in [1.54, 1.807) is 0 Å². The fourth-order valence-electron chi connectivity index (χ4n) is 1.51. The van der Waals surface area contributed by atoms with Crippen molar-refractivity contribution in [2.75, 3.05) is 19.6 Å². The van der Waals surface area contributed by atoms with Crippen LogP contribution in [0, 0.1) is 0 Å². The highest BCUT2D eigenvalue weighted by Gasteiger charge is 2.16. The molecule has 12 heavy (non-hydrogen) atoms. The van der Waals surface area contributed by atoms with E-state index < -0.39 is 11.9 Å². The van der Waals surface area contributed by atoms with Crippen LogP contribution in [0.5, 0.6) is 0 Å². The molecule has 0 saturated carbocycles. The molecule has 4 heteroatoms. The molecular weight excluding hydrogens is 154 g/mol. The van der Waals surface area contributed by atoms with Gasteiger partial charge >= 0.3 is 0 Å². The molecule has 4 N–H and O–H groups in total. The molecule has 1 atom stereocenters. The van der Waals surface area contributed by atoms with Crippen LogP contribution in [0.2, 0.25) is 0 Å². The third-order valence-corrected chi connectivity index (χ3v) is 2.27. The minimum absolute atomic E-state index is 0.402. The van der Waals surface area contributed by atoms with Gasteiger partial charge in [-0.15, -0.1) is 0 Å². The van der Waals surface area contributed by atoms with Crippen LogP contribution in [0.3, 0.4) is 0 Å². The van der Waals surface area contributed by atoms with Gasteiger partial charge in [0.2, 0.25) is 5.91 Å². The van der Waals surface area contributed by atoms with Gasteiger partial charge in [-0.3, -0.25) is 4.79 Å². The van der Waals surface area contributed by atoms with Crippen LogP contribution in [-0.4, -0.2) is 36.5 Å². The first-order valence-corrected chi connectivity index (χ1v) is 4.47. The third-order valence-electron chi connectivity index (χ3n) is 2.27. The molecule has 0 radical (unpaired) electrons. The number of amides is 1. The summed E-state index contributed by atoms with van der Waals surface area (Å²) in [5, 5.41) is 0. The minimum atomic E-state index is -0.497. The molecule has 0 bridgehead atoms. The quantitative estimate of drug-likeness (QED) is 0.589. The summed E-state index contributed by atoms with van der Waals surface area (Å²) < 4.78 is 0. The number of carbonyl (C=O) groups excluding carboxylic acids is 1. The molecule has 70 valence electrons. The van der Waals surface area contributed by atoms with Crippen LogP contribution in [-0.2, 0) is 4.79 Å². The Kier molecular flexibility index (Phi) is 3.49. The van der Waals surface area contributed by atoms with Crippen molar-refractivity contribution < 1.29 is 4.79 Å². The zero-order valence-electron chi connectivity index (χ0n) is 7.33. The molecule has 1 unspecified atom stereocenters. The van der Waals surface area contributed by atoms with E-state index in [0.29, 0.717) is 6.54 Å². The summed E-state index contributed by atoms with van der Waals surface area (Å²) in [5.41, 5.74) is 10.6. The largest absolute Gasteiger partial charge is 0.368 e. The zero-order valence-corrected chi connectivity index (χ0v) is 7.33. The fourth-order valence-corrected chi connectivity index (χ4v) is 1.51. The van der Waals surface area contributed by atoms with Crippen LogP contribution in [0.25, 0.3) is 0 Å². The Bertz CT molecular complexity index is 154. The number of hydrogen-bond acceptors (Lipinski definition) is 3. The van der Waals surface area contributed by atoms with Crippen molar-refractivity contribution >= 4 is 5.91 Å². The van der Waals surface area contributed by atoms with E-state index in [1.807, 2.05) is 0 Å². The fraction of sp³-hybridized carbons (Fsp3) is 0.875. The molecule has 0 spiro atoms. The standard InChI is InChI=1S/C8H17N3O/c9-7(8(10)12)6-11-4-2-1-3-5-11/h7H,1-6,9H2,(H2,10,12). The van der Waals surface area contributed by atoms with Gasteiger partial charge in [-0.1, -0.05) is 6.42 Å². The van der Waals surface area contributed by atoms with Gasteiger partial charge in [-0.2, -0.15) is 0 Å². The SMILES string of the molecule is NC(=O)C(N)CN1CCCCC1. The molecule has 0 aliphatic carbocycles. The van der Waals surface area contributed by atoms with Crippen molar-refractivity contribution in [2.24, 2.45) is 11.5 Å². The van der Waals surface area contributed by atoms with Gasteiger partial charge in [0.15, 0.2) is 0 Å². The first-order chi connectivity index (χ1) is 5.70. The van der Waals surface area contributed by atoms with Crippen molar-refractivity contribution in [3.05, 3.63) is 0 Å². The zero-order chi connectivity index (χ0) is 8.97. The van der Waals surface area contributed by atoms with E-state index in [0.717, 1.165) is 13.1 Å². The smallest absolute Gasteiger partial charge is 0.235 e. The van der Waals surface area contributed by atoms with E-state index >= 15 is 0 Å². The Morgan fingerprint density at radius 1 is 1.33 bits per heavy atom. The molecule has 0 aromatic carbocycles. The average molecular weight is 171 g/mol. The number of likely N-dealkylation sites (tertiary alicyclic amines) is 1. The highest BCUT2D eigenvalue weighted by Crippen LogP contribution is 2.08. The van der Waals surface area contributed by atoms with E-state index in [2.05, 4.69) is 4.90 Å². The average Bonchev–Trinajstić information content (AvgIpc) is 2.06. The number of piperidine rings is 1. The van der Waals surface area contributed by atoms with E-state index in [9.17, 15) is 4.79 Å². The van der Waals surface area contributed by atoms with Gasteiger partial charge in [0.05, 0.1) is 6.04 Å². The number of primary amides is 1. The summed E-state index contributed by atoms with van der Waals surface area (Å²) in [5.74, 6) is -0.402. The first kappa shape index (κ1) is 9.48. The maximum absolute atomic E-state index is 10.6. The summed E-state index contributed by atoms with van der Waals surface area (Å²) in [4.78, 5) is 12.9. The molecule has 0 aromatic rings. The Labute approximate surface area is 72.9 Å². The normalized spacial score (nSPS) is 22.1. The topological polar surface area (TPSA) is 72.3 Å². The molecule has 1 heterocycles. The molecule has 1 amide bonds. The van der Waals surface area contributed by atoms with Crippen molar-refractivity contribution in [3.63, 3.8) is 0 Å². The summed E-state index contributed by atoms with van der Waals surface area (Å²) in [7, 11) is 0. The van der Waals surface area contributed by atoms with Crippen molar-refractivity contribution in [1.82, 2.24) is 4.90 Å². The number of hydrogen-bond donors (Lipinski definition) is 2. The summed E-state index contributed by atoms with van der Waals surface area (Å²) >= 11 is 0. The van der Waals surface area contributed by atoms with Crippen LogP contribution in [0.1, 0.15) is 19.3 Å². The number of nitrogens with zero attached hydrogens (tertiary/aromatic N) is 1.